The summed E-state index contributed by atoms with van der Waals surface area (Å²) >= 11 is 0. The topological polar surface area (TPSA) is 138 Å². The average Bonchev–Trinajstić information content (AvgIpc) is 3.62. The highest BCUT2D eigenvalue weighted by atomic mass is 16.1. The molecule has 0 atom stereocenters. The summed E-state index contributed by atoms with van der Waals surface area (Å²) in [6.45, 7) is 0. The van der Waals surface area contributed by atoms with Crippen molar-refractivity contribution in [1.29, 1.82) is 0 Å². The molecule has 1 aromatic carbocycles. The molecule has 0 saturated heterocycles. The SMILES string of the molecule is O=C(Cc1ccccc1)Nc1cncc(-c2cnc3[nH]nc(-c4nc5c(-c6ccncc6)cncc5[nH]4)c3c2)c1. The Morgan fingerprint density at radius 1 is 0.825 bits per heavy atom. The third-order valence-corrected chi connectivity index (χ3v) is 6.59. The highest BCUT2D eigenvalue weighted by molar-refractivity contribution is 5.97. The molecule has 6 heterocycles. The van der Waals surface area contributed by atoms with E-state index in [1.807, 2.05) is 54.6 Å². The first-order chi connectivity index (χ1) is 19.7. The number of benzene rings is 1. The Balaban J connectivity index is 1.21. The second-order valence-corrected chi connectivity index (χ2v) is 9.27. The summed E-state index contributed by atoms with van der Waals surface area (Å²) in [4.78, 5) is 38.2. The summed E-state index contributed by atoms with van der Waals surface area (Å²) in [7, 11) is 0. The standard InChI is InChI=1S/C30H21N9O/c40-26(10-18-4-2-1-3-5-18)35-22-11-20(13-32-15-22)21-12-23-28(38-39-29(23)34-14-21)30-36-25-17-33-16-24(27(25)37-30)19-6-8-31-9-7-19/h1-9,11-17H,10H2,(H,35,40)(H,36,37)(H,34,38,39). The number of aromatic nitrogens is 8. The van der Waals surface area contributed by atoms with E-state index in [9.17, 15) is 4.79 Å². The number of hydrogen-bond donors (Lipinski definition) is 3. The summed E-state index contributed by atoms with van der Waals surface area (Å²) in [6.07, 6.45) is 12.4. The summed E-state index contributed by atoms with van der Waals surface area (Å²) in [6, 6.07) is 17.3. The van der Waals surface area contributed by atoms with Gasteiger partial charge < -0.3 is 10.3 Å². The molecule has 0 fully saturated rings. The molecule has 0 radical (unpaired) electrons. The third kappa shape index (κ3) is 4.43. The van der Waals surface area contributed by atoms with Crippen LogP contribution in [0, 0.1) is 0 Å². The van der Waals surface area contributed by atoms with Crippen molar-refractivity contribution >= 4 is 33.7 Å². The van der Waals surface area contributed by atoms with Gasteiger partial charge in [0.05, 0.1) is 40.9 Å². The Morgan fingerprint density at radius 2 is 1.65 bits per heavy atom. The molecule has 0 unspecified atom stereocenters. The zero-order valence-electron chi connectivity index (χ0n) is 21.0. The van der Waals surface area contributed by atoms with Gasteiger partial charge in [0, 0.05) is 47.7 Å². The predicted molar refractivity (Wildman–Crippen MR) is 152 cm³/mol. The van der Waals surface area contributed by atoms with E-state index in [0.29, 0.717) is 22.9 Å². The van der Waals surface area contributed by atoms with Crippen LogP contribution in [-0.4, -0.2) is 46.0 Å². The van der Waals surface area contributed by atoms with Gasteiger partial charge in [0.25, 0.3) is 0 Å². The van der Waals surface area contributed by atoms with Gasteiger partial charge in [-0.25, -0.2) is 9.97 Å². The summed E-state index contributed by atoms with van der Waals surface area (Å²) in [5.41, 5.74) is 7.94. The fourth-order valence-corrected chi connectivity index (χ4v) is 4.68. The first-order valence-electron chi connectivity index (χ1n) is 12.6. The van der Waals surface area contributed by atoms with E-state index < -0.39 is 0 Å². The zero-order chi connectivity index (χ0) is 26.9. The van der Waals surface area contributed by atoms with Gasteiger partial charge in [0.15, 0.2) is 11.5 Å². The Kier molecular flexibility index (Phi) is 5.74. The Hall–Kier alpha value is -5.77. The lowest BCUT2D eigenvalue weighted by atomic mass is 10.1. The smallest absolute Gasteiger partial charge is 0.228 e. The van der Waals surface area contributed by atoms with Gasteiger partial charge in [-0.15, -0.1) is 0 Å². The maximum Gasteiger partial charge on any atom is 0.228 e. The van der Waals surface area contributed by atoms with Crippen LogP contribution in [0.5, 0.6) is 0 Å². The third-order valence-electron chi connectivity index (χ3n) is 6.59. The number of amides is 1. The van der Waals surface area contributed by atoms with Gasteiger partial charge in [-0.2, -0.15) is 5.10 Å². The van der Waals surface area contributed by atoms with E-state index >= 15 is 0 Å². The van der Waals surface area contributed by atoms with Crippen LogP contribution in [0.3, 0.4) is 0 Å². The molecule has 0 spiro atoms. The monoisotopic (exact) mass is 523 g/mol. The quantitative estimate of drug-likeness (QED) is 0.272. The summed E-state index contributed by atoms with van der Waals surface area (Å²) in [5, 5.41) is 11.2. The van der Waals surface area contributed by atoms with Crippen molar-refractivity contribution in [3.63, 3.8) is 0 Å². The van der Waals surface area contributed by atoms with Gasteiger partial charge in [-0.05, 0) is 35.4 Å². The van der Waals surface area contributed by atoms with Crippen LogP contribution in [-0.2, 0) is 11.2 Å². The number of nitrogens with zero attached hydrogens (tertiary/aromatic N) is 6. The van der Waals surface area contributed by atoms with E-state index in [4.69, 9.17) is 4.98 Å². The number of carbonyl (C=O) groups excluding carboxylic acids is 1. The Labute approximate surface area is 227 Å². The van der Waals surface area contributed by atoms with Crippen LogP contribution < -0.4 is 5.32 Å². The molecule has 40 heavy (non-hydrogen) atoms. The molecule has 0 saturated carbocycles. The Morgan fingerprint density at radius 3 is 2.52 bits per heavy atom. The van der Waals surface area contributed by atoms with E-state index in [1.54, 1.807) is 43.4 Å². The van der Waals surface area contributed by atoms with Gasteiger partial charge in [0.1, 0.15) is 5.69 Å². The van der Waals surface area contributed by atoms with Gasteiger partial charge >= 0.3 is 0 Å². The number of H-pyrrole nitrogens is 2. The first kappa shape index (κ1) is 23.4. The van der Waals surface area contributed by atoms with Crippen molar-refractivity contribution in [2.24, 2.45) is 0 Å². The second kappa shape index (κ2) is 9.84. The molecule has 0 aliphatic carbocycles. The maximum absolute atomic E-state index is 12.6. The molecule has 0 bridgehead atoms. The van der Waals surface area contributed by atoms with Crippen molar-refractivity contribution in [3.8, 4) is 33.8 Å². The number of rotatable bonds is 6. The van der Waals surface area contributed by atoms with Crippen molar-refractivity contribution in [1.82, 2.24) is 40.1 Å². The van der Waals surface area contributed by atoms with E-state index in [0.717, 1.165) is 44.2 Å². The lowest BCUT2D eigenvalue weighted by molar-refractivity contribution is -0.115. The molecule has 3 N–H and O–H groups in total. The first-order valence-corrected chi connectivity index (χ1v) is 12.6. The van der Waals surface area contributed by atoms with Crippen LogP contribution >= 0.6 is 0 Å². The van der Waals surface area contributed by atoms with Crippen molar-refractivity contribution in [2.75, 3.05) is 5.32 Å². The highest BCUT2D eigenvalue weighted by Crippen LogP contribution is 2.32. The minimum absolute atomic E-state index is 0.110. The Bertz CT molecular complexity index is 1980. The molecule has 192 valence electrons. The number of pyridine rings is 4. The molecule has 6 aromatic heterocycles. The lowest BCUT2D eigenvalue weighted by Crippen LogP contribution is -2.14. The largest absolute Gasteiger partial charge is 0.335 e. The number of imidazole rings is 1. The molecule has 7 aromatic rings. The van der Waals surface area contributed by atoms with E-state index in [1.165, 1.54) is 0 Å². The normalized spacial score (nSPS) is 11.2. The van der Waals surface area contributed by atoms with E-state index in [2.05, 4.69) is 40.4 Å². The fraction of sp³-hybridized carbons (Fsp3) is 0.0333. The van der Waals surface area contributed by atoms with Crippen LogP contribution in [0.25, 0.3) is 55.8 Å². The summed E-state index contributed by atoms with van der Waals surface area (Å²) < 4.78 is 0. The van der Waals surface area contributed by atoms with E-state index in [-0.39, 0.29) is 12.3 Å². The number of carbonyl (C=O) groups is 1. The second-order valence-electron chi connectivity index (χ2n) is 9.27. The minimum Gasteiger partial charge on any atom is -0.335 e. The van der Waals surface area contributed by atoms with Gasteiger partial charge in [-0.1, -0.05) is 30.3 Å². The zero-order valence-corrected chi connectivity index (χ0v) is 21.0. The molecule has 0 aliphatic rings. The maximum atomic E-state index is 12.6. The van der Waals surface area contributed by atoms with Crippen LogP contribution in [0.1, 0.15) is 5.56 Å². The van der Waals surface area contributed by atoms with Crippen molar-refractivity contribution in [3.05, 3.63) is 104 Å². The fourth-order valence-electron chi connectivity index (χ4n) is 4.68. The van der Waals surface area contributed by atoms with Crippen LogP contribution in [0.15, 0.2) is 98.0 Å². The number of nitrogens with one attached hydrogen (secondary N) is 3. The number of fused-ring (bicyclic) bond motifs is 2. The number of anilines is 1. The molecule has 10 nitrogen and oxygen atoms in total. The molecule has 0 aliphatic heterocycles. The molecule has 1 amide bonds. The molecule has 10 heteroatoms. The van der Waals surface area contributed by atoms with Crippen LogP contribution in [0.4, 0.5) is 5.69 Å². The van der Waals surface area contributed by atoms with Crippen LogP contribution in [0.2, 0.25) is 0 Å². The lowest BCUT2D eigenvalue weighted by Gasteiger charge is -2.07. The summed E-state index contributed by atoms with van der Waals surface area (Å²) in [5.74, 6) is 0.491. The van der Waals surface area contributed by atoms with Gasteiger partial charge in [-0.3, -0.25) is 24.8 Å². The van der Waals surface area contributed by atoms with Gasteiger partial charge in [0.2, 0.25) is 5.91 Å². The number of aromatic amines is 2. The highest BCUT2D eigenvalue weighted by Gasteiger charge is 2.17. The number of hydrogen-bond acceptors (Lipinski definition) is 7. The minimum atomic E-state index is -0.110. The molecular weight excluding hydrogens is 502 g/mol. The van der Waals surface area contributed by atoms with Crippen molar-refractivity contribution < 1.29 is 4.79 Å². The molecule has 7 rings (SSSR count). The molecular formula is C30H21N9O. The van der Waals surface area contributed by atoms with Crippen molar-refractivity contribution in [2.45, 2.75) is 6.42 Å². The average molecular weight is 524 g/mol. The predicted octanol–water partition coefficient (Wildman–Crippen LogP) is 5.20.